The van der Waals surface area contributed by atoms with E-state index in [1.807, 2.05) is 0 Å². The van der Waals surface area contributed by atoms with E-state index in [2.05, 4.69) is 0 Å². The van der Waals surface area contributed by atoms with Crippen molar-refractivity contribution in [2.45, 2.75) is 98.6 Å². The molecule has 0 aliphatic carbocycles. The Balaban J connectivity index is 1.52. The van der Waals surface area contributed by atoms with Gasteiger partial charge in [0.1, 0.15) is 54.9 Å². The SMILES string of the molecule is OC[C@H]1O[C@H](CC[C@H]2O[C@H](C(O)C[C@H]3O[C@H](CO)[C@@H](O)[C@@H]3O)[C@@H](O)[C@@H]2O)[C@@H](O)[C@@H]1O. The average Bonchev–Trinajstić information content (AvgIpc) is 3.28. The highest BCUT2D eigenvalue weighted by Gasteiger charge is 2.50. The first kappa shape index (κ1) is 24.2. The molecule has 12 heteroatoms. The molecule has 3 fully saturated rings. The van der Waals surface area contributed by atoms with Crippen LogP contribution in [0.3, 0.4) is 0 Å². The number of hydrogen-bond donors (Lipinski definition) is 9. The van der Waals surface area contributed by atoms with Crippen LogP contribution in [0, 0.1) is 0 Å². The normalized spacial score (nSPS) is 50.3. The summed E-state index contributed by atoms with van der Waals surface area (Å²) in [5.41, 5.74) is 0. The third-order valence-electron chi connectivity index (χ3n) is 6.27. The minimum atomic E-state index is -1.42. The van der Waals surface area contributed by atoms with E-state index in [4.69, 9.17) is 24.4 Å². The Morgan fingerprint density at radius 3 is 1.43 bits per heavy atom. The van der Waals surface area contributed by atoms with Gasteiger partial charge in [-0.2, -0.15) is 0 Å². The maximum atomic E-state index is 10.4. The van der Waals surface area contributed by atoms with Gasteiger partial charge in [-0.25, -0.2) is 0 Å². The van der Waals surface area contributed by atoms with Gasteiger partial charge in [-0.1, -0.05) is 0 Å². The number of aliphatic hydroxyl groups excluding tert-OH is 9. The third kappa shape index (κ3) is 4.65. The van der Waals surface area contributed by atoms with Crippen LogP contribution in [0.15, 0.2) is 0 Å². The molecule has 12 nitrogen and oxygen atoms in total. The van der Waals surface area contributed by atoms with Gasteiger partial charge < -0.3 is 60.2 Å². The summed E-state index contributed by atoms with van der Waals surface area (Å²) < 4.78 is 16.3. The second-order valence-electron chi connectivity index (χ2n) is 8.25. The summed E-state index contributed by atoms with van der Waals surface area (Å²) in [7, 11) is 0. The predicted octanol–water partition coefficient (Wildman–Crippen LogP) is -5.03. The monoisotopic (exact) mass is 440 g/mol. The van der Waals surface area contributed by atoms with Crippen LogP contribution in [0.2, 0.25) is 0 Å². The first-order valence-electron chi connectivity index (χ1n) is 10.1. The molecule has 0 saturated carbocycles. The maximum Gasteiger partial charge on any atom is 0.112 e. The van der Waals surface area contributed by atoms with Gasteiger partial charge >= 0.3 is 0 Å². The molecule has 30 heavy (non-hydrogen) atoms. The van der Waals surface area contributed by atoms with Crippen LogP contribution >= 0.6 is 0 Å². The number of ether oxygens (including phenoxy) is 3. The highest BCUT2D eigenvalue weighted by molar-refractivity contribution is 4.98. The van der Waals surface area contributed by atoms with E-state index < -0.39 is 92.6 Å². The number of aliphatic hydroxyl groups is 9. The Morgan fingerprint density at radius 2 is 0.933 bits per heavy atom. The van der Waals surface area contributed by atoms with Crippen molar-refractivity contribution >= 4 is 0 Å². The van der Waals surface area contributed by atoms with Crippen LogP contribution in [0.1, 0.15) is 19.3 Å². The van der Waals surface area contributed by atoms with Crippen LogP contribution in [0.4, 0.5) is 0 Å². The lowest BCUT2D eigenvalue weighted by Crippen LogP contribution is -2.42. The smallest absolute Gasteiger partial charge is 0.112 e. The van der Waals surface area contributed by atoms with Crippen molar-refractivity contribution in [3.05, 3.63) is 0 Å². The predicted molar refractivity (Wildman–Crippen MR) is 96.1 cm³/mol. The molecule has 13 atom stereocenters. The average molecular weight is 440 g/mol. The zero-order valence-corrected chi connectivity index (χ0v) is 16.3. The van der Waals surface area contributed by atoms with Crippen molar-refractivity contribution in [1.82, 2.24) is 0 Å². The Morgan fingerprint density at radius 1 is 0.533 bits per heavy atom. The van der Waals surface area contributed by atoms with Crippen LogP contribution in [0.25, 0.3) is 0 Å². The number of rotatable bonds is 8. The second kappa shape index (κ2) is 9.98. The molecule has 3 rings (SSSR count). The molecule has 0 radical (unpaired) electrons. The van der Waals surface area contributed by atoms with Crippen molar-refractivity contribution in [2.75, 3.05) is 13.2 Å². The van der Waals surface area contributed by atoms with Crippen LogP contribution < -0.4 is 0 Å². The van der Waals surface area contributed by atoms with E-state index in [-0.39, 0.29) is 19.3 Å². The van der Waals surface area contributed by atoms with Gasteiger partial charge in [0.2, 0.25) is 0 Å². The summed E-state index contributed by atoms with van der Waals surface area (Å²) in [5, 5.41) is 88.8. The van der Waals surface area contributed by atoms with Gasteiger partial charge in [0, 0.05) is 6.42 Å². The molecule has 1 unspecified atom stereocenters. The van der Waals surface area contributed by atoms with Crippen molar-refractivity contribution in [2.24, 2.45) is 0 Å². The Hall–Kier alpha value is -0.480. The Kier molecular flexibility index (Phi) is 8.04. The molecule has 3 saturated heterocycles. The molecule has 0 aromatic heterocycles. The molecular formula is C18H32O12. The van der Waals surface area contributed by atoms with E-state index in [1.165, 1.54) is 0 Å². The van der Waals surface area contributed by atoms with Crippen molar-refractivity contribution in [3.8, 4) is 0 Å². The molecule has 176 valence electrons. The molecule has 0 aromatic rings. The highest BCUT2D eigenvalue weighted by atomic mass is 16.6. The number of hydrogen-bond acceptors (Lipinski definition) is 12. The fourth-order valence-corrected chi connectivity index (χ4v) is 4.42. The summed E-state index contributed by atoms with van der Waals surface area (Å²) in [4.78, 5) is 0. The van der Waals surface area contributed by atoms with Gasteiger partial charge in [0.05, 0.1) is 37.6 Å². The molecule has 0 spiro atoms. The molecule has 3 aliphatic heterocycles. The fourth-order valence-electron chi connectivity index (χ4n) is 4.42. The molecule has 3 heterocycles. The minimum absolute atomic E-state index is 0.141. The van der Waals surface area contributed by atoms with Gasteiger partial charge in [0.15, 0.2) is 0 Å². The largest absolute Gasteiger partial charge is 0.394 e. The summed E-state index contributed by atoms with van der Waals surface area (Å²) in [6, 6.07) is 0. The summed E-state index contributed by atoms with van der Waals surface area (Å²) in [6.45, 7) is -0.958. The maximum absolute atomic E-state index is 10.4. The zero-order valence-electron chi connectivity index (χ0n) is 16.3. The van der Waals surface area contributed by atoms with E-state index in [9.17, 15) is 35.7 Å². The van der Waals surface area contributed by atoms with Crippen LogP contribution in [-0.2, 0) is 14.2 Å². The molecule has 0 aromatic carbocycles. The lowest BCUT2D eigenvalue weighted by atomic mass is 9.96. The zero-order chi connectivity index (χ0) is 22.2. The van der Waals surface area contributed by atoms with E-state index in [0.717, 1.165) is 0 Å². The summed E-state index contributed by atoms with van der Waals surface area (Å²) >= 11 is 0. The molecular weight excluding hydrogens is 408 g/mol. The molecule has 0 bridgehead atoms. The Bertz CT molecular complexity index is 551. The lowest BCUT2D eigenvalue weighted by Gasteiger charge is -2.25. The van der Waals surface area contributed by atoms with Crippen molar-refractivity contribution in [1.29, 1.82) is 0 Å². The minimum Gasteiger partial charge on any atom is -0.394 e. The standard InChI is InChI=1S/C18H32O12/c19-4-10-15(25)12(22)7(28-10)1-2-8-13(23)17(27)18(30-8)6(21)3-9-14(24)16(26)11(5-20)29-9/h6-27H,1-5H2/t6?,7-,8-,9-,10-,11-,12-,13-,14-,15-,16-,17+,18-/m1/s1. The topological polar surface area (TPSA) is 210 Å². The van der Waals surface area contributed by atoms with Gasteiger partial charge in [-0.05, 0) is 12.8 Å². The first-order chi connectivity index (χ1) is 14.2. The van der Waals surface area contributed by atoms with E-state index in [0.29, 0.717) is 0 Å². The van der Waals surface area contributed by atoms with Crippen LogP contribution in [0.5, 0.6) is 0 Å². The van der Waals surface area contributed by atoms with Crippen LogP contribution in [-0.4, -0.2) is 139 Å². The fraction of sp³-hybridized carbons (Fsp3) is 1.00. The van der Waals surface area contributed by atoms with Crippen molar-refractivity contribution < 1.29 is 60.2 Å². The van der Waals surface area contributed by atoms with E-state index in [1.54, 1.807) is 0 Å². The van der Waals surface area contributed by atoms with Crippen molar-refractivity contribution in [3.63, 3.8) is 0 Å². The summed E-state index contributed by atoms with van der Waals surface area (Å²) in [5.74, 6) is 0. The van der Waals surface area contributed by atoms with Gasteiger partial charge in [-0.15, -0.1) is 0 Å². The second-order valence-corrected chi connectivity index (χ2v) is 8.25. The quantitative estimate of drug-likeness (QED) is 0.174. The molecule has 3 aliphatic rings. The highest BCUT2D eigenvalue weighted by Crippen LogP contribution is 2.33. The first-order valence-corrected chi connectivity index (χ1v) is 10.1. The molecule has 9 N–H and O–H groups in total. The summed E-state index contributed by atoms with van der Waals surface area (Å²) in [6.07, 6.45) is -14.8. The Labute approximate surface area is 172 Å². The lowest BCUT2D eigenvalue weighted by molar-refractivity contribution is -0.0978. The van der Waals surface area contributed by atoms with Gasteiger partial charge in [0.25, 0.3) is 0 Å². The third-order valence-corrected chi connectivity index (χ3v) is 6.27. The van der Waals surface area contributed by atoms with Gasteiger partial charge in [-0.3, -0.25) is 0 Å². The van der Waals surface area contributed by atoms with E-state index >= 15 is 0 Å². The molecule has 0 amide bonds.